The van der Waals surface area contributed by atoms with Gasteiger partial charge in [-0.15, -0.1) is 0 Å². The van der Waals surface area contributed by atoms with Gasteiger partial charge in [0.25, 0.3) is 0 Å². The number of methoxy groups -OCH3 is 1. The fraction of sp³-hybridized carbons (Fsp3) is 0.211. The van der Waals surface area contributed by atoms with E-state index >= 15 is 0 Å². The molecule has 1 fully saturated rings. The molecule has 0 spiro atoms. The zero-order valence-corrected chi connectivity index (χ0v) is 16.4. The Morgan fingerprint density at radius 2 is 2.14 bits per heavy atom. The summed E-state index contributed by atoms with van der Waals surface area (Å²) in [6, 6.07) is 11.4. The SMILES string of the molecule is COc1ccccc1CN=C1NC(=O)[C@H](CC(=O)Nc2ccc(F)c(Cl)c2)S1. The average Bonchev–Trinajstić information content (AvgIpc) is 3.02. The number of aliphatic imine (C=N–C) groups is 1. The molecule has 0 bridgehead atoms. The summed E-state index contributed by atoms with van der Waals surface area (Å²) in [7, 11) is 1.58. The molecule has 0 unspecified atom stereocenters. The van der Waals surface area contributed by atoms with E-state index in [-0.39, 0.29) is 23.3 Å². The normalized spacial score (nSPS) is 17.5. The highest BCUT2D eigenvalue weighted by atomic mass is 35.5. The van der Waals surface area contributed by atoms with E-state index in [4.69, 9.17) is 16.3 Å². The molecule has 1 atom stereocenters. The molecule has 1 saturated heterocycles. The van der Waals surface area contributed by atoms with E-state index in [1.807, 2.05) is 24.3 Å². The van der Waals surface area contributed by atoms with Crippen molar-refractivity contribution >= 4 is 46.0 Å². The van der Waals surface area contributed by atoms with Gasteiger partial charge in [-0.25, -0.2) is 4.39 Å². The third-order valence-corrected chi connectivity index (χ3v) is 5.35. The van der Waals surface area contributed by atoms with E-state index in [1.165, 1.54) is 23.9 Å². The lowest BCUT2D eigenvalue weighted by Gasteiger charge is -2.08. The molecule has 2 aromatic carbocycles. The third kappa shape index (κ3) is 5.02. The number of anilines is 1. The number of carbonyl (C=O) groups is 2. The number of hydrogen-bond donors (Lipinski definition) is 2. The summed E-state index contributed by atoms with van der Waals surface area (Å²) in [5.41, 5.74) is 1.26. The predicted octanol–water partition coefficient (Wildman–Crippen LogP) is 3.60. The van der Waals surface area contributed by atoms with Crippen LogP contribution in [0.3, 0.4) is 0 Å². The molecule has 1 aliphatic rings. The minimum Gasteiger partial charge on any atom is -0.496 e. The standard InChI is InChI=1S/C19H17ClFN3O3S/c1-27-15-5-3-2-4-11(15)10-22-19-24-18(26)16(28-19)9-17(25)23-12-6-7-14(21)13(20)8-12/h2-8,16H,9-10H2,1H3,(H,23,25)(H,22,24,26)/t16-/m0/s1. The Hall–Kier alpha value is -2.58. The molecule has 0 saturated carbocycles. The van der Waals surface area contributed by atoms with E-state index in [9.17, 15) is 14.0 Å². The molecule has 3 rings (SSSR count). The van der Waals surface area contributed by atoms with Crippen molar-refractivity contribution in [2.75, 3.05) is 12.4 Å². The van der Waals surface area contributed by atoms with Crippen LogP contribution in [0, 0.1) is 5.82 Å². The molecule has 1 aliphatic heterocycles. The Morgan fingerprint density at radius 3 is 2.89 bits per heavy atom. The van der Waals surface area contributed by atoms with E-state index in [0.29, 0.717) is 17.4 Å². The molecule has 0 aliphatic carbocycles. The van der Waals surface area contributed by atoms with Crippen molar-refractivity contribution in [1.82, 2.24) is 5.32 Å². The first-order valence-corrected chi connectivity index (χ1v) is 9.61. The van der Waals surface area contributed by atoms with Crippen molar-refractivity contribution < 1.29 is 18.7 Å². The molecule has 0 aromatic heterocycles. The second kappa shape index (κ2) is 9.07. The van der Waals surface area contributed by atoms with Crippen LogP contribution in [0.2, 0.25) is 5.02 Å². The maximum absolute atomic E-state index is 13.2. The molecular weight excluding hydrogens is 405 g/mol. The van der Waals surface area contributed by atoms with Gasteiger partial charge in [0.15, 0.2) is 5.17 Å². The number of benzene rings is 2. The summed E-state index contributed by atoms with van der Waals surface area (Å²) in [6.07, 6.45) is -0.0425. The van der Waals surface area contributed by atoms with Crippen LogP contribution in [0.5, 0.6) is 5.75 Å². The van der Waals surface area contributed by atoms with Crippen LogP contribution >= 0.6 is 23.4 Å². The molecule has 2 aromatic rings. The molecule has 28 heavy (non-hydrogen) atoms. The average molecular weight is 422 g/mol. The Balaban J connectivity index is 1.58. The number of halogens is 2. The molecule has 1 heterocycles. The summed E-state index contributed by atoms with van der Waals surface area (Å²) in [6.45, 7) is 0.347. The quantitative estimate of drug-likeness (QED) is 0.746. The highest BCUT2D eigenvalue weighted by Crippen LogP contribution is 2.25. The smallest absolute Gasteiger partial charge is 0.240 e. The summed E-state index contributed by atoms with van der Waals surface area (Å²) in [5.74, 6) is -0.506. The van der Waals surface area contributed by atoms with Crippen LogP contribution in [0.4, 0.5) is 10.1 Å². The fourth-order valence-corrected chi connectivity index (χ4v) is 3.71. The van der Waals surface area contributed by atoms with E-state index in [2.05, 4.69) is 15.6 Å². The van der Waals surface area contributed by atoms with Crippen molar-refractivity contribution in [2.45, 2.75) is 18.2 Å². The maximum Gasteiger partial charge on any atom is 0.240 e. The van der Waals surface area contributed by atoms with Crippen molar-refractivity contribution in [1.29, 1.82) is 0 Å². The lowest BCUT2D eigenvalue weighted by atomic mass is 10.2. The number of ether oxygens (including phenoxy) is 1. The molecule has 2 N–H and O–H groups in total. The van der Waals surface area contributed by atoms with Crippen LogP contribution in [-0.2, 0) is 16.1 Å². The largest absolute Gasteiger partial charge is 0.496 e. The zero-order valence-electron chi connectivity index (χ0n) is 14.9. The van der Waals surface area contributed by atoms with Crippen molar-refractivity contribution in [3.8, 4) is 5.75 Å². The van der Waals surface area contributed by atoms with Gasteiger partial charge in [-0.2, -0.15) is 0 Å². The second-order valence-corrected chi connectivity index (χ2v) is 7.51. The van der Waals surface area contributed by atoms with Crippen LogP contribution in [0.25, 0.3) is 0 Å². The first kappa shape index (κ1) is 20.2. The van der Waals surface area contributed by atoms with Gasteiger partial charge in [-0.05, 0) is 24.3 Å². The number of amidine groups is 1. The van der Waals surface area contributed by atoms with Crippen molar-refractivity contribution in [2.24, 2.45) is 4.99 Å². The number of hydrogen-bond acceptors (Lipinski definition) is 5. The van der Waals surface area contributed by atoms with E-state index in [0.717, 1.165) is 17.4 Å². The van der Waals surface area contributed by atoms with Crippen LogP contribution in [-0.4, -0.2) is 29.3 Å². The third-order valence-electron chi connectivity index (χ3n) is 3.94. The summed E-state index contributed by atoms with van der Waals surface area (Å²) < 4.78 is 18.5. The van der Waals surface area contributed by atoms with Gasteiger partial charge in [0.05, 0.1) is 18.7 Å². The van der Waals surface area contributed by atoms with Gasteiger partial charge >= 0.3 is 0 Å². The second-order valence-electron chi connectivity index (χ2n) is 5.91. The molecule has 0 radical (unpaired) electrons. The summed E-state index contributed by atoms with van der Waals surface area (Å²) >= 11 is 6.90. The van der Waals surface area contributed by atoms with Crippen molar-refractivity contribution in [3.63, 3.8) is 0 Å². The Morgan fingerprint density at radius 1 is 1.36 bits per heavy atom. The monoisotopic (exact) mass is 421 g/mol. The number of carbonyl (C=O) groups excluding carboxylic acids is 2. The van der Waals surface area contributed by atoms with Crippen LogP contribution < -0.4 is 15.4 Å². The minimum absolute atomic E-state index is 0.0425. The van der Waals surface area contributed by atoms with Gasteiger partial charge in [0.1, 0.15) is 16.8 Å². The van der Waals surface area contributed by atoms with Gasteiger partial charge in [-0.3, -0.25) is 14.6 Å². The number of amides is 2. The van der Waals surface area contributed by atoms with Crippen LogP contribution in [0.1, 0.15) is 12.0 Å². The molecule has 2 amide bonds. The highest BCUT2D eigenvalue weighted by molar-refractivity contribution is 8.15. The molecule has 6 nitrogen and oxygen atoms in total. The highest BCUT2D eigenvalue weighted by Gasteiger charge is 2.32. The lowest BCUT2D eigenvalue weighted by molar-refractivity contribution is -0.122. The number of thioether (sulfide) groups is 1. The van der Waals surface area contributed by atoms with Crippen molar-refractivity contribution in [3.05, 3.63) is 58.9 Å². The van der Waals surface area contributed by atoms with Gasteiger partial charge < -0.3 is 15.4 Å². The summed E-state index contributed by atoms with van der Waals surface area (Å²) in [4.78, 5) is 28.7. The lowest BCUT2D eigenvalue weighted by Crippen LogP contribution is -2.28. The predicted molar refractivity (Wildman–Crippen MR) is 108 cm³/mol. The maximum atomic E-state index is 13.2. The number of nitrogens with zero attached hydrogens (tertiary/aromatic N) is 1. The Kier molecular flexibility index (Phi) is 6.53. The number of nitrogens with one attached hydrogen (secondary N) is 2. The van der Waals surface area contributed by atoms with Gasteiger partial charge in [0, 0.05) is 17.7 Å². The van der Waals surface area contributed by atoms with Gasteiger partial charge in [-0.1, -0.05) is 41.6 Å². The first-order valence-electron chi connectivity index (χ1n) is 8.35. The fourth-order valence-electron chi connectivity index (χ4n) is 2.56. The zero-order chi connectivity index (χ0) is 20.1. The minimum atomic E-state index is -0.590. The molecule has 9 heteroatoms. The van der Waals surface area contributed by atoms with Crippen LogP contribution in [0.15, 0.2) is 47.5 Å². The first-order chi connectivity index (χ1) is 13.5. The summed E-state index contributed by atoms with van der Waals surface area (Å²) in [5, 5.41) is 5.07. The Bertz CT molecular complexity index is 938. The number of rotatable bonds is 6. The number of para-hydroxylation sites is 1. The molecular formula is C19H17ClFN3O3S. The molecule has 146 valence electrons. The topological polar surface area (TPSA) is 79.8 Å². The Labute approximate surface area is 170 Å². The van der Waals surface area contributed by atoms with Gasteiger partial charge in [0.2, 0.25) is 11.8 Å². The van der Waals surface area contributed by atoms with E-state index < -0.39 is 11.1 Å². The van der Waals surface area contributed by atoms with E-state index in [1.54, 1.807) is 7.11 Å².